The highest BCUT2D eigenvalue weighted by molar-refractivity contribution is 14.1. The number of aromatic nitrogens is 1. The molecule has 0 bridgehead atoms. The van der Waals surface area contributed by atoms with E-state index in [0.29, 0.717) is 49.2 Å². The van der Waals surface area contributed by atoms with Gasteiger partial charge in [0.05, 0.1) is 42.7 Å². The van der Waals surface area contributed by atoms with Crippen LogP contribution in [0.2, 0.25) is 0 Å². The van der Waals surface area contributed by atoms with Gasteiger partial charge in [-0.05, 0) is 78.4 Å². The minimum atomic E-state index is -0.763. The molecule has 2 aromatic heterocycles. The fraction of sp³-hybridized carbons (Fsp3) is 0.207. The zero-order valence-corrected chi connectivity index (χ0v) is 24.7. The zero-order chi connectivity index (χ0) is 27.7. The summed E-state index contributed by atoms with van der Waals surface area (Å²) in [7, 11) is 3.08. The van der Waals surface area contributed by atoms with Crippen molar-refractivity contribution in [2.75, 3.05) is 20.8 Å². The number of allylic oxidation sites excluding steroid dienone is 1. The molecule has 0 spiro atoms. The van der Waals surface area contributed by atoms with Gasteiger partial charge in [-0.25, -0.2) is 9.79 Å². The smallest absolute Gasteiger partial charge is 0.338 e. The van der Waals surface area contributed by atoms with Crippen molar-refractivity contribution in [3.8, 4) is 22.8 Å². The third-order valence-electron chi connectivity index (χ3n) is 6.27. The Balaban J connectivity index is 1.65. The Bertz CT molecular complexity index is 1760. The van der Waals surface area contributed by atoms with Crippen LogP contribution < -0.4 is 24.4 Å². The molecule has 1 aliphatic heterocycles. The number of thiazole rings is 1. The van der Waals surface area contributed by atoms with Crippen molar-refractivity contribution < 1.29 is 23.4 Å². The van der Waals surface area contributed by atoms with Crippen LogP contribution in [0, 0.1) is 3.57 Å². The summed E-state index contributed by atoms with van der Waals surface area (Å²) in [4.78, 5) is 32.0. The fourth-order valence-electron chi connectivity index (χ4n) is 4.46. The second-order valence-corrected chi connectivity index (χ2v) is 10.9. The topological polar surface area (TPSA) is 92.3 Å². The van der Waals surface area contributed by atoms with Crippen molar-refractivity contribution in [3.63, 3.8) is 0 Å². The third-order valence-corrected chi connectivity index (χ3v) is 7.97. The lowest BCUT2D eigenvalue weighted by molar-refractivity contribution is -0.139. The molecule has 0 amide bonds. The van der Waals surface area contributed by atoms with Crippen LogP contribution in [0.5, 0.6) is 11.5 Å². The highest BCUT2D eigenvalue weighted by atomic mass is 127. The van der Waals surface area contributed by atoms with E-state index in [4.69, 9.17) is 18.6 Å². The number of carbonyl (C=O) groups is 1. The Kier molecular flexibility index (Phi) is 7.76. The number of nitrogens with zero attached hydrogens (tertiary/aromatic N) is 2. The lowest BCUT2D eigenvalue weighted by Gasteiger charge is -2.25. The molecule has 0 saturated heterocycles. The van der Waals surface area contributed by atoms with Crippen molar-refractivity contribution in [1.29, 1.82) is 0 Å². The van der Waals surface area contributed by atoms with E-state index in [0.717, 1.165) is 9.13 Å². The SMILES string of the molecule is CCOC(=O)C1=C(C)N=c2s/c(=C\c3ccc(-c4ccc(I)cc4)o3)c(=O)n2[C@@H]1c1ccc(OC)c(OC)c1. The maximum Gasteiger partial charge on any atom is 0.338 e. The molecule has 39 heavy (non-hydrogen) atoms. The quantitative estimate of drug-likeness (QED) is 0.212. The molecule has 0 aliphatic carbocycles. The van der Waals surface area contributed by atoms with Crippen LogP contribution in [-0.4, -0.2) is 31.4 Å². The highest BCUT2D eigenvalue weighted by Gasteiger charge is 2.34. The summed E-state index contributed by atoms with van der Waals surface area (Å²) >= 11 is 3.49. The van der Waals surface area contributed by atoms with Crippen LogP contribution in [0.1, 0.15) is 31.2 Å². The first-order valence-corrected chi connectivity index (χ1v) is 14.0. The van der Waals surface area contributed by atoms with Crippen LogP contribution in [-0.2, 0) is 9.53 Å². The summed E-state index contributed by atoms with van der Waals surface area (Å²) in [6.45, 7) is 3.68. The summed E-state index contributed by atoms with van der Waals surface area (Å²) in [6, 6.07) is 16.2. The van der Waals surface area contributed by atoms with E-state index in [-0.39, 0.29) is 12.2 Å². The monoisotopic (exact) mass is 656 g/mol. The van der Waals surface area contributed by atoms with Crippen molar-refractivity contribution in [2.45, 2.75) is 19.9 Å². The number of fused-ring (bicyclic) bond motifs is 1. The number of benzene rings is 2. The molecule has 0 fully saturated rings. The number of halogens is 1. The summed E-state index contributed by atoms with van der Waals surface area (Å²) in [5, 5.41) is 0. The lowest BCUT2D eigenvalue weighted by atomic mass is 9.95. The van der Waals surface area contributed by atoms with Crippen LogP contribution in [0.25, 0.3) is 17.4 Å². The van der Waals surface area contributed by atoms with Crippen molar-refractivity contribution in [1.82, 2.24) is 4.57 Å². The molecule has 2 aromatic carbocycles. The minimum Gasteiger partial charge on any atom is -0.493 e. The van der Waals surface area contributed by atoms with E-state index < -0.39 is 12.0 Å². The first-order chi connectivity index (χ1) is 18.8. The van der Waals surface area contributed by atoms with E-state index in [1.165, 1.54) is 23.0 Å². The number of carbonyl (C=O) groups excluding carboxylic acids is 1. The zero-order valence-electron chi connectivity index (χ0n) is 21.7. The molecular weight excluding hydrogens is 631 g/mol. The van der Waals surface area contributed by atoms with Gasteiger partial charge in [0.15, 0.2) is 16.3 Å². The molecule has 4 aromatic rings. The summed E-state index contributed by atoms with van der Waals surface area (Å²) < 4.78 is 25.4. The van der Waals surface area contributed by atoms with Gasteiger partial charge in [0.1, 0.15) is 11.5 Å². The average molecular weight is 656 g/mol. The van der Waals surface area contributed by atoms with Crippen LogP contribution in [0.15, 0.2) is 80.1 Å². The van der Waals surface area contributed by atoms with Crippen molar-refractivity contribution >= 4 is 46.0 Å². The van der Waals surface area contributed by atoms with Crippen LogP contribution in [0.3, 0.4) is 0 Å². The molecule has 0 radical (unpaired) electrons. The first kappa shape index (κ1) is 26.9. The summed E-state index contributed by atoms with van der Waals surface area (Å²) in [5.74, 6) is 1.73. The Morgan fingerprint density at radius 2 is 1.85 bits per heavy atom. The second kappa shape index (κ2) is 11.2. The Morgan fingerprint density at radius 3 is 2.54 bits per heavy atom. The van der Waals surface area contributed by atoms with Gasteiger partial charge >= 0.3 is 5.97 Å². The Labute approximate surface area is 242 Å². The first-order valence-electron chi connectivity index (χ1n) is 12.1. The maximum atomic E-state index is 13.8. The predicted molar refractivity (Wildman–Crippen MR) is 157 cm³/mol. The molecule has 3 heterocycles. The normalized spacial score (nSPS) is 15.1. The van der Waals surface area contributed by atoms with E-state index in [1.807, 2.05) is 36.4 Å². The average Bonchev–Trinajstić information content (AvgIpc) is 3.52. The molecule has 1 aliphatic rings. The van der Waals surface area contributed by atoms with Gasteiger partial charge in [0.2, 0.25) is 0 Å². The predicted octanol–water partition coefficient (Wildman–Crippen LogP) is 4.68. The largest absolute Gasteiger partial charge is 0.493 e. The Morgan fingerprint density at radius 1 is 1.10 bits per heavy atom. The number of ether oxygens (including phenoxy) is 3. The summed E-state index contributed by atoms with van der Waals surface area (Å²) in [5.41, 5.74) is 2.10. The maximum absolute atomic E-state index is 13.8. The lowest BCUT2D eigenvalue weighted by Crippen LogP contribution is -2.39. The third kappa shape index (κ3) is 5.18. The minimum absolute atomic E-state index is 0.195. The van der Waals surface area contributed by atoms with Crippen LogP contribution >= 0.6 is 33.9 Å². The Hall–Kier alpha value is -3.64. The number of rotatable bonds is 7. The van der Waals surface area contributed by atoms with Crippen molar-refractivity contribution in [2.24, 2.45) is 4.99 Å². The van der Waals surface area contributed by atoms with E-state index in [2.05, 4.69) is 27.6 Å². The number of esters is 1. The molecule has 0 unspecified atom stereocenters. The molecule has 5 rings (SSSR count). The molecule has 8 nitrogen and oxygen atoms in total. The van der Waals surface area contributed by atoms with Gasteiger partial charge in [-0.3, -0.25) is 9.36 Å². The van der Waals surface area contributed by atoms with Gasteiger partial charge in [-0.1, -0.05) is 29.5 Å². The van der Waals surface area contributed by atoms with Gasteiger partial charge in [0.25, 0.3) is 5.56 Å². The van der Waals surface area contributed by atoms with Gasteiger partial charge in [-0.2, -0.15) is 0 Å². The highest BCUT2D eigenvalue weighted by Crippen LogP contribution is 2.36. The fourth-order valence-corrected chi connectivity index (χ4v) is 5.84. The van der Waals surface area contributed by atoms with E-state index in [1.54, 1.807) is 45.2 Å². The van der Waals surface area contributed by atoms with Gasteiger partial charge in [0, 0.05) is 15.2 Å². The number of hydrogen-bond acceptors (Lipinski definition) is 8. The molecule has 0 N–H and O–H groups in total. The number of furan rings is 1. The van der Waals surface area contributed by atoms with E-state index in [9.17, 15) is 9.59 Å². The van der Waals surface area contributed by atoms with Gasteiger partial charge < -0.3 is 18.6 Å². The van der Waals surface area contributed by atoms with Crippen molar-refractivity contribution in [3.05, 3.63) is 100 Å². The molecule has 10 heteroatoms. The summed E-state index contributed by atoms with van der Waals surface area (Å²) in [6.07, 6.45) is 1.70. The molecule has 1 atom stereocenters. The molecule has 0 saturated carbocycles. The van der Waals surface area contributed by atoms with E-state index >= 15 is 0 Å². The van der Waals surface area contributed by atoms with Gasteiger partial charge in [-0.15, -0.1) is 0 Å². The molecule has 200 valence electrons. The standard InChI is InChI=1S/C29H25IN2O6S/c1-5-37-28(34)25-16(2)31-29-32(26(25)18-8-12-22(35-3)23(14-18)36-4)27(33)24(39-29)15-20-11-13-21(38-20)17-6-9-19(30)10-7-17/h6-15,26H,5H2,1-4H3/b24-15-/t26-/m1/s1. The number of methoxy groups -OCH3 is 2. The molecular formula is C29H25IN2O6S. The van der Waals surface area contributed by atoms with Crippen LogP contribution in [0.4, 0.5) is 0 Å². The number of hydrogen-bond donors (Lipinski definition) is 0. The second-order valence-electron chi connectivity index (χ2n) is 8.63.